The number of hydrogen-bond donors (Lipinski definition) is 3. The summed E-state index contributed by atoms with van der Waals surface area (Å²) in [6.45, 7) is 0. The number of fused-ring (bicyclic) bond motifs is 1. The number of rotatable bonds is 5. The third-order valence-electron chi connectivity index (χ3n) is 6.22. The molecule has 0 atom stereocenters. The summed E-state index contributed by atoms with van der Waals surface area (Å²) in [6.07, 6.45) is 7.28. The molecular weight excluding hydrogens is 528 g/mol. The summed E-state index contributed by atoms with van der Waals surface area (Å²) < 4.78 is 69.9. The molecule has 0 heterocycles. The minimum atomic E-state index is -4.86. The molecule has 0 saturated heterocycles. The topological polar surface area (TPSA) is 135 Å². The number of phenolic OH excluding ortho intramolecular Hbond substituents is 1. The molecule has 0 bridgehead atoms. The van der Waals surface area contributed by atoms with E-state index in [1.807, 2.05) is 62.0 Å². The molecule has 11 heteroatoms. The predicted octanol–water partition coefficient (Wildman–Crippen LogP) is 3.75. The summed E-state index contributed by atoms with van der Waals surface area (Å²) in [4.78, 5) is 0.738. The van der Waals surface area contributed by atoms with Crippen molar-refractivity contribution in [1.82, 2.24) is 0 Å². The number of anilines is 1. The zero-order valence-corrected chi connectivity index (χ0v) is 22.7. The zero-order valence-electron chi connectivity index (χ0n) is 21.1. The molecule has 198 valence electrons. The molecule has 0 aromatic heterocycles. The van der Waals surface area contributed by atoms with Crippen molar-refractivity contribution in [3.05, 3.63) is 89.5 Å². The second-order valence-electron chi connectivity index (χ2n) is 9.19. The van der Waals surface area contributed by atoms with E-state index < -0.39 is 35.8 Å². The van der Waals surface area contributed by atoms with Crippen LogP contribution >= 0.6 is 0 Å². The highest BCUT2D eigenvalue weighted by atomic mass is 32.2. The van der Waals surface area contributed by atoms with Gasteiger partial charge in [-0.15, -0.1) is 0 Å². The Bertz CT molecular complexity index is 1780. The Labute approximate surface area is 221 Å². The first-order valence-electron chi connectivity index (χ1n) is 11.4. The van der Waals surface area contributed by atoms with Gasteiger partial charge in [0.05, 0.1) is 4.90 Å². The molecule has 4 rings (SSSR count). The second-order valence-corrected chi connectivity index (χ2v) is 12.0. The first kappa shape index (κ1) is 27.3. The van der Waals surface area contributed by atoms with E-state index in [4.69, 9.17) is 0 Å². The molecule has 0 fully saturated rings. The molecule has 1 aliphatic carbocycles. The standard InChI is InChI=1S/C27H26N2O7S2/c1-28(2)20-10-5-17(6-11-20)25(18-7-12-21(13-8-18)29(3)4)26-23-16-22(37(31,32)33)14-9-19(23)15-24(27(26)30)38(34,35)36/h5-16H,1-4H3,(H2,31,32,33,34,35,36)/p+1. The van der Waals surface area contributed by atoms with Gasteiger partial charge < -0.3 is 10.0 Å². The summed E-state index contributed by atoms with van der Waals surface area (Å²) in [5.74, 6) is -0.754. The van der Waals surface area contributed by atoms with Gasteiger partial charge in [-0.25, -0.2) is 4.58 Å². The Morgan fingerprint density at radius 2 is 1.42 bits per heavy atom. The van der Waals surface area contributed by atoms with Crippen molar-refractivity contribution in [3.8, 4) is 5.75 Å². The van der Waals surface area contributed by atoms with Gasteiger partial charge in [-0.3, -0.25) is 9.11 Å². The number of aromatic hydroxyl groups is 1. The van der Waals surface area contributed by atoms with Crippen molar-refractivity contribution in [2.45, 2.75) is 9.79 Å². The summed E-state index contributed by atoms with van der Waals surface area (Å²) in [6, 6.07) is 11.9. The molecule has 3 aromatic rings. The Hall–Kier alpha value is -3.77. The fourth-order valence-electron chi connectivity index (χ4n) is 4.26. The molecule has 0 aliphatic heterocycles. The lowest BCUT2D eigenvalue weighted by atomic mass is 9.87. The van der Waals surface area contributed by atoms with Gasteiger partial charge in [-0.1, -0.05) is 18.2 Å². The molecular formula is C27H27N2O7S2+. The maximum Gasteiger partial charge on any atom is 0.298 e. The van der Waals surface area contributed by atoms with E-state index in [-0.39, 0.29) is 16.3 Å². The SMILES string of the molecule is CN(C)c1ccc(C(=C2C=CC(=[N+](C)C)C=C2)c2c(O)c(S(=O)(=O)O)cc3ccc(S(=O)(=O)O)cc23)cc1. The Kier molecular flexibility index (Phi) is 7.06. The van der Waals surface area contributed by atoms with Gasteiger partial charge in [0.15, 0.2) is 5.71 Å². The fraction of sp³-hybridized carbons (Fsp3) is 0.148. The Morgan fingerprint density at radius 1 is 0.816 bits per heavy atom. The van der Waals surface area contributed by atoms with Crippen molar-refractivity contribution in [3.63, 3.8) is 0 Å². The van der Waals surface area contributed by atoms with E-state index >= 15 is 0 Å². The molecule has 9 nitrogen and oxygen atoms in total. The summed E-state index contributed by atoms with van der Waals surface area (Å²) >= 11 is 0. The van der Waals surface area contributed by atoms with Crippen LogP contribution in [0.5, 0.6) is 5.75 Å². The van der Waals surface area contributed by atoms with Crippen LogP contribution in [0.3, 0.4) is 0 Å². The summed E-state index contributed by atoms with van der Waals surface area (Å²) in [7, 11) is -1.96. The molecule has 3 aromatic carbocycles. The monoisotopic (exact) mass is 555 g/mol. The van der Waals surface area contributed by atoms with Crippen LogP contribution in [0.4, 0.5) is 5.69 Å². The predicted molar refractivity (Wildman–Crippen MR) is 147 cm³/mol. The van der Waals surface area contributed by atoms with Crippen LogP contribution in [0.15, 0.2) is 88.2 Å². The molecule has 0 saturated carbocycles. The maximum atomic E-state index is 12.3. The molecule has 0 amide bonds. The van der Waals surface area contributed by atoms with E-state index in [0.29, 0.717) is 16.7 Å². The van der Waals surface area contributed by atoms with Gasteiger partial charge in [-0.2, -0.15) is 16.8 Å². The van der Waals surface area contributed by atoms with Gasteiger partial charge in [0.25, 0.3) is 20.2 Å². The van der Waals surface area contributed by atoms with Gasteiger partial charge in [-0.05, 0) is 64.4 Å². The summed E-state index contributed by atoms with van der Waals surface area (Å²) in [5.41, 5.74) is 3.34. The van der Waals surface area contributed by atoms with Crippen molar-refractivity contribution in [2.24, 2.45) is 0 Å². The zero-order chi connectivity index (χ0) is 28.0. The second kappa shape index (κ2) is 9.84. The number of benzene rings is 3. The van der Waals surface area contributed by atoms with E-state index in [1.54, 1.807) is 24.3 Å². The highest BCUT2D eigenvalue weighted by Crippen LogP contribution is 2.43. The molecule has 38 heavy (non-hydrogen) atoms. The number of allylic oxidation sites excluding steroid dienone is 5. The average Bonchev–Trinajstić information content (AvgIpc) is 2.84. The molecule has 1 aliphatic rings. The highest BCUT2D eigenvalue weighted by molar-refractivity contribution is 7.86. The van der Waals surface area contributed by atoms with Gasteiger partial charge >= 0.3 is 0 Å². The van der Waals surface area contributed by atoms with Crippen molar-refractivity contribution >= 4 is 48.0 Å². The lowest BCUT2D eigenvalue weighted by molar-refractivity contribution is -0.462. The molecule has 0 spiro atoms. The lowest BCUT2D eigenvalue weighted by Gasteiger charge is -2.20. The summed E-state index contributed by atoms with van der Waals surface area (Å²) in [5, 5.41) is 11.7. The fourth-order valence-corrected chi connectivity index (χ4v) is 5.39. The van der Waals surface area contributed by atoms with E-state index in [1.165, 1.54) is 6.07 Å². The largest absolute Gasteiger partial charge is 0.506 e. The quantitative estimate of drug-likeness (QED) is 0.320. The van der Waals surface area contributed by atoms with Crippen molar-refractivity contribution in [1.29, 1.82) is 0 Å². The van der Waals surface area contributed by atoms with Gasteiger partial charge in [0.2, 0.25) is 0 Å². The Morgan fingerprint density at radius 3 is 1.92 bits per heavy atom. The van der Waals surface area contributed by atoms with Crippen LogP contribution in [0.2, 0.25) is 0 Å². The third kappa shape index (κ3) is 5.27. The van der Waals surface area contributed by atoms with Gasteiger partial charge in [0.1, 0.15) is 24.7 Å². The molecule has 0 unspecified atom stereocenters. The minimum absolute atomic E-state index is 0.0177. The molecule has 0 radical (unpaired) electrons. The van der Waals surface area contributed by atoms with Crippen LogP contribution in [0, 0.1) is 0 Å². The smallest absolute Gasteiger partial charge is 0.298 e. The number of phenols is 1. The molecule has 3 N–H and O–H groups in total. The number of nitrogens with zero attached hydrogens (tertiary/aromatic N) is 2. The minimum Gasteiger partial charge on any atom is -0.506 e. The highest BCUT2D eigenvalue weighted by Gasteiger charge is 2.27. The number of hydrogen-bond acceptors (Lipinski definition) is 6. The van der Waals surface area contributed by atoms with Gasteiger partial charge in [0, 0.05) is 43.1 Å². The van der Waals surface area contributed by atoms with Crippen LogP contribution in [-0.4, -0.2) is 69.5 Å². The van der Waals surface area contributed by atoms with E-state index in [2.05, 4.69) is 0 Å². The third-order valence-corrected chi connectivity index (χ3v) is 7.94. The average molecular weight is 556 g/mol. The first-order chi connectivity index (χ1) is 17.7. The van der Waals surface area contributed by atoms with Crippen LogP contribution in [-0.2, 0) is 20.2 Å². The van der Waals surface area contributed by atoms with Crippen molar-refractivity contribution in [2.75, 3.05) is 33.1 Å². The van der Waals surface area contributed by atoms with E-state index in [0.717, 1.165) is 29.6 Å². The van der Waals surface area contributed by atoms with Crippen molar-refractivity contribution < 1.29 is 35.6 Å². The van der Waals surface area contributed by atoms with Crippen LogP contribution in [0.1, 0.15) is 11.1 Å². The van der Waals surface area contributed by atoms with Crippen LogP contribution in [0.25, 0.3) is 16.3 Å². The van der Waals surface area contributed by atoms with Crippen LogP contribution < -0.4 is 4.90 Å². The van der Waals surface area contributed by atoms with E-state index in [9.17, 15) is 31.0 Å². The maximum absolute atomic E-state index is 12.3. The first-order valence-corrected chi connectivity index (χ1v) is 14.2. The Balaban J connectivity index is 2.20. The normalized spacial score (nSPS) is 13.7. The lowest BCUT2D eigenvalue weighted by Crippen LogP contribution is -2.10.